The first-order valence-electron chi connectivity index (χ1n) is 4.13. The second-order valence-electron chi connectivity index (χ2n) is 3.90. The third-order valence-corrected chi connectivity index (χ3v) is 1.89. The molecule has 3 nitrogen and oxygen atoms in total. The number of hydrogen-bond acceptors (Lipinski definition) is 2. The van der Waals surface area contributed by atoms with E-state index in [-0.39, 0.29) is 22.7 Å². The maximum absolute atomic E-state index is 9.40. The molecule has 14 heavy (non-hydrogen) atoms. The van der Waals surface area contributed by atoms with Crippen molar-refractivity contribution in [2.75, 3.05) is 28.3 Å². The van der Waals surface area contributed by atoms with Gasteiger partial charge in [-0.25, -0.2) is 0 Å². The highest BCUT2D eigenvalue weighted by molar-refractivity contribution is 5.51. The number of halogens is 1. The van der Waals surface area contributed by atoms with Crippen molar-refractivity contribution >= 4 is 5.69 Å². The standard InChI is InChI=1S/C10H15NO2.BrH/c1-11(2,3)8-5-9(12)7-10(6-8)13-4;/h5-7H,1-4H3;1H. The first-order chi connectivity index (χ1) is 5.93. The summed E-state index contributed by atoms with van der Waals surface area (Å²) in [5.74, 6) is 0.922. The number of hydrogen-bond donors (Lipinski definition) is 1. The molecular weight excluding hydrogens is 246 g/mol. The van der Waals surface area contributed by atoms with E-state index in [2.05, 4.69) is 0 Å². The molecular formula is C10H16BrNO2. The summed E-state index contributed by atoms with van der Waals surface area (Å²) in [5, 5.41) is 9.40. The monoisotopic (exact) mass is 261 g/mol. The predicted octanol–water partition coefficient (Wildman–Crippen LogP) is -1.40. The third kappa shape index (κ3) is 3.20. The molecule has 1 aromatic carbocycles. The lowest BCUT2D eigenvalue weighted by Gasteiger charge is -2.23. The van der Waals surface area contributed by atoms with Crippen LogP contribution in [-0.4, -0.2) is 33.4 Å². The van der Waals surface area contributed by atoms with Crippen molar-refractivity contribution in [3.05, 3.63) is 18.2 Å². The van der Waals surface area contributed by atoms with Crippen molar-refractivity contribution in [2.45, 2.75) is 0 Å². The number of quaternary nitrogens is 1. The number of phenolic OH excluding ortho intramolecular Hbond substituents is 1. The van der Waals surface area contributed by atoms with Gasteiger partial charge in [0.1, 0.15) is 17.2 Å². The van der Waals surface area contributed by atoms with E-state index in [4.69, 9.17) is 4.74 Å². The molecule has 0 unspecified atom stereocenters. The lowest BCUT2D eigenvalue weighted by atomic mass is 10.2. The first-order valence-corrected chi connectivity index (χ1v) is 4.13. The number of benzene rings is 1. The quantitative estimate of drug-likeness (QED) is 0.664. The van der Waals surface area contributed by atoms with E-state index in [1.165, 1.54) is 0 Å². The van der Waals surface area contributed by atoms with E-state index in [1.807, 2.05) is 27.2 Å². The lowest BCUT2D eigenvalue weighted by Crippen LogP contribution is -3.00. The van der Waals surface area contributed by atoms with Crippen molar-refractivity contribution in [3.8, 4) is 11.5 Å². The van der Waals surface area contributed by atoms with Gasteiger partial charge in [0.15, 0.2) is 0 Å². The smallest absolute Gasteiger partial charge is 0.139 e. The Morgan fingerprint density at radius 2 is 1.71 bits per heavy atom. The van der Waals surface area contributed by atoms with Gasteiger partial charge in [0.05, 0.1) is 28.3 Å². The van der Waals surface area contributed by atoms with Crippen LogP contribution in [-0.2, 0) is 0 Å². The fraction of sp³-hybridized carbons (Fsp3) is 0.400. The molecule has 1 N–H and O–H groups in total. The fourth-order valence-corrected chi connectivity index (χ4v) is 1.07. The SMILES string of the molecule is COc1cc(O)cc([N+](C)(C)C)c1.[Br-]. The molecule has 0 amide bonds. The summed E-state index contributed by atoms with van der Waals surface area (Å²) < 4.78 is 5.72. The van der Waals surface area contributed by atoms with Crippen molar-refractivity contribution in [1.29, 1.82) is 0 Å². The highest BCUT2D eigenvalue weighted by Crippen LogP contribution is 2.28. The number of ether oxygens (including phenoxy) is 1. The Labute approximate surface area is 95.3 Å². The van der Waals surface area contributed by atoms with Gasteiger partial charge in [0.25, 0.3) is 0 Å². The molecule has 1 rings (SSSR count). The first kappa shape index (κ1) is 13.3. The zero-order chi connectivity index (χ0) is 10.1. The summed E-state index contributed by atoms with van der Waals surface area (Å²) in [5.41, 5.74) is 1.01. The number of methoxy groups -OCH3 is 1. The molecule has 0 bridgehead atoms. The minimum atomic E-state index is 0. The summed E-state index contributed by atoms with van der Waals surface area (Å²) in [4.78, 5) is 0. The molecule has 0 saturated carbocycles. The van der Waals surface area contributed by atoms with E-state index in [0.717, 1.165) is 5.69 Å². The maximum Gasteiger partial charge on any atom is 0.139 e. The van der Waals surface area contributed by atoms with Crippen LogP contribution in [0.4, 0.5) is 5.69 Å². The Kier molecular flexibility index (Phi) is 4.42. The summed E-state index contributed by atoms with van der Waals surface area (Å²) in [6.45, 7) is 0. The van der Waals surface area contributed by atoms with E-state index < -0.39 is 0 Å². The number of rotatable bonds is 2. The minimum absolute atomic E-state index is 0. The average Bonchev–Trinajstić information content (AvgIpc) is 2.01. The van der Waals surface area contributed by atoms with Gasteiger partial charge < -0.3 is 26.8 Å². The van der Waals surface area contributed by atoms with Gasteiger partial charge in [-0.3, -0.25) is 4.48 Å². The molecule has 0 aliphatic rings. The zero-order valence-electron chi connectivity index (χ0n) is 8.91. The zero-order valence-corrected chi connectivity index (χ0v) is 10.5. The van der Waals surface area contributed by atoms with Crippen molar-refractivity contribution in [1.82, 2.24) is 4.48 Å². The lowest BCUT2D eigenvalue weighted by molar-refractivity contribution is -0.00000441. The van der Waals surface area contributed by atoms with Gasteiger partial charge in [-0.05, 0) is 0 Å². The minimum Gasteiger partial charge on any atom is -1.00 e. The van der Waals surface area contributed by atoms with Gasteiger partial charge in [-0.15, -0.1) is 0 Å². The number of aromatic hydroxyl groups is 1. The van der Waals surface area contributed by atoms with Crippen LogP contribution in [0.15, 0.2) is 18.2 Å². The molecule has 0 aromatic heterocycles. The molecule has 0 spiro atoms. The van der Waals surface area contributed by atoms with Gasteiger partial charge in [-0.1, -0.05) is 0 Å². The van der Waals surface area contributed by atoms with Crippen molar-refractivity contribution in [3.63, 3.8) is 0 Å². The molecule has 0 atom stereocenters. The van der Waals surface area contributed by atoms with E-state index in [1.54, 1.807) is 19.2 Å². The van der Waals surface area contributed by atoms with Crippen molar-refractivity contribution in [2.24, 2.45) is 0 Å². The van der Waals surface area contributed by atoms with E-state index in [0.29, 0.717) is 10.2 Å². The van der Waals surface area contributed by atoms with Crippen LogP contribution in [0.1, 0.15) is 0 Å². The second-order valence-corrected chi connectivity index (χ2v) is 3.90. The fourth-order valence-electron chi connectivity index (χ4n) is 1.07. The summed E-state index contributed by atoms with van der Waals surface area (Å²) >= 11 is 0. The Balaban J connectivity index is 0.00000169. The molecule has 0 radical (unpaired) electrons. The molecule has 80 valence electrons. The topological polar surface area (TPSA) is 29.5 Å². The maximum atomic E-state index is 9.40. The van der Waals surface area contributed by atoms with Crippen LogP contribution in [0.5, 0.6) is 11.5 Å². The van der Waals surface area contributed by atoms with Crippen LogP contribution in [0, 0.1) is 0 Å². The van der Waals surface area contributed by atoms with Gasteiger partial charge in [0.2, 0.25) is 0 Å². The Hall–Kier alpha value is -0.740. The van der Waals surface area contributed by atoms with E-state index in [9.17, 15) is 5.11 Å². The molecule has 4 heteroatoms. The highest BCUT2D eigenvalue weighted by atomic mass is 79.9. The van der Waals surface area contributed by atoms with Crippen LogP contribution < -0.4 is 26.2 Å². The van der Waals surface area contributed by atoms with Gasteiger partial charge in [0, 0.05) is 18.2 Å². The number of phenols is 1. The molecule has 0 aliphatic heterocycles. The summed E-state index contributed by atoms with van der Waals surface area (Å²) in [6.07, 6.45) is 0. The normalized spacial score (nSPS) is 10.6. The average molecular weight is 262 g/mol. The Morgan fingerprint density at radius 3 is 2.14 bits per heavy atom. The van der Waals surface area contributed by atoms with Crippen LogP contribution in [0.3, 0.4) is 0 Å². The van der Waals surface area contributed by atoms with E-state index >= 15 is 0 Å². The predicted molar refractivity (Wildman–Crippen MR) is 54.2 cm³/mol. The Bertz CT molecular complexity index is 307. The third-order valence-electron chi connectivity index (χ3n) is 1.89. The molecule has 1 aromatic rings. The van der Waals surface area contributed by atoms with Gasteiger partial charge >= 0.3 is 0 Å². The Morgan fingerprint density at radius 1 is 1.14 bits per heavy atom. The summed E-state index contributed by atoms with van der Waals surface area (Å²) in [7, 11) is 7.70. The van der Waals surface area contributed by atoms with Gasteiger partial charge in [-0.2, -0.15) is 0 Å². The second kappa shape index (κ2) is 4.66. The molecule has 0 fully saturated rings. The molecule has 0 aliphatic carbocycles. The molecule has 0 saturated heterocycles. The highest BCUT2D eigenvalue weighted by Gasteiger charge is 2.14. The largest absolute Gasteiger partial charge is 1.00 e. The van der Waals surface area contributed by atoms with Crippen LogP contribution in [0.25, 0.3) is 0 Å². The summed E-state index contributed by atoms with van der Waals surface area (Å²) in [6, 6.07) is 5.25. The van der Waals surface area contributed by atoms with Crippen LogP contribution >= 0.6 is 0 Å². The number of nitrogens with zero attached hydrogens (tertiary/aromatic N) is 1. The van der Waals surface area contributed by atoms with Crippen LogP contribution in [0.2, 0.25) is 0 Å². The van der Waals surface area contributed by atoms with Crippen molar-refractivity contribution < 1.29 is 26.8 Å². The molecule has 0 heterocycles.